The van der Waals surface area contributed by atoms with Crippen molar-refractivity contribution in [3.8, 4) is 0 Å². The average Bonchev–Trinajstić information content (AvgIpc) is 2.17. The van der Waals surface area contributed by atoms with Gasteiger partial charge < -0.3 is 0 Å². The Kier molecular flexibility index (Phi) is 3.90. The smallest absolute Gasteiger partial charge is 0.298 e. The maximum atomic E-state index is 12.2. The Labute approximate surface area is 93.4 Å². The monoisotopic (exact) mass is 280 g/mol. The molecule has 0 aliphatic carbocycles. The fourth-order valence-corrected chi connectivity index (χ4v) is 1.28. The van der Waals surface area contributed by atoms with Gasteiger partial charge in [0.25, 0.3) is 0 Å². The van der Waals surface area contributed by atoms with Crippen LogP contribution < -0.4 is 0 Å². The van der Waals surface area contributed by atoms with Crippen LogP contribution in [0.1, 0.15) is 11.1 Å². The predicted molar refractivity (Wildman–Crippen MR) is 53.9 cm³/mol. The molecule has 1 aromatic rings. The highest BCUT2D eigenvalue weighted by atomic mass is 79.9. The lowest BCUT2D eigenvalue weighted by atomic mass is 10.1. The maximum Gasteiger partial charge on any atom is 0.416 e. The quantitative estimate of drug-likeness (QED) is 0.777. The molecule has 15 heavy (non-hydrogen) atoms. The molecule has 5 heteroatoms. The van der Waals surface area contributed by atoms with Gasteiger partial charge in [-0.2, -0.15) is 13.2 Å². The molecule has 82 valence electrons. The third-order valence-corrected chi connectivity index (χ3v) is 2.46. The number of alkyl halides is 4. The summed E-state index contributed by atoms with van der Waals surface area (Å²) < 4.78 is 36.5. The van der Waals surface area contributed by atoms with Gasteiger partial charge in [-0.3, -0.25) is 4.79 Å². The molecule has 0 saturated carbocycles. The van der Waals surface area contributed by atoms with Crippen LogP contribution in [0.3, 0.4) is 0 Å². The molecule has 0 N–H and O–H groups in total. The van der Waals surface area contributed by atoms with Crippen LogP contribution in [-0.2, 0) is 17.4 Å². The third-order valence-electron chi connectivity index (χ3n) is 1.83. The highest BCUT2D eigenvalue weighted by Gasteiger charge is 2.29. The summed E-state index contributed by atoms with van der Waals surface area (Å²) in [6.45, 7) is 0. The van der Waals surface area contributed by atoms with Crippen LogP contribution >= 0.6 is 15.9 Å². The largest absolute Gasteiger partial charge is 0.416 e. The van der Waals surface area contributed by atoms with Crippen molar-refractivity contribution in [1.29, 1.82) is 0 Å². The molecule has 0 amide bonds. The van der Waals surface area contributed by atoms with Gasteiger partial charge in [0.15, 0.2) is 0 Å². The second kappa shape index (κ2) is 4.79. The van der Waals surface area contributed by atoms with E-state index in [1.165, 1.54) is 12.1 Å². The van der Waals surface area contributed by atoms with Gasteiger partial charge in [0, 0.05) is 6.42 Å². The van der Waals surface area contributed by atoms with E-state index in [2.05, 4.69) is 15.9 Å². The first-order valence-corrected chi connectivity index (χ1v) is 5.29. The van der Waals surface area contributed by atoms with Crippen molar-refractivity contribution < 1.29 is 18.0 Å². The van der Waals surface area contributed by atoms with Crippen molar-refractivity contribution in [3.63, 3.8) is 0 Å². The molecule has 0 aliphatic heterocycles. The van der Waals surface area contributed by atoms with Gasteiger partial charge in [-0.1, -0.05) is 28.1 Å². The Hall–Kier alpha value is -0.840. The lowest BCUT2D eigenvalue weighted by Gasteiger charge is -2.06. The Morgan fingerprint density at radius 2 is 1.73 bits per heavy atom. The number of rotatable bonds is 3. The summed E-state index contributed by atoms with van der Waals surface area (Å²) in [5.41, 5.74) is -0.106. The first-order chi connectivity index (χ1) is 6.93. The first kappa shape index (κ1) is 12.2. The topological polar surface area (TPSA) is 17.1 Å². The molecule has 0 bridgehead atoms. The molecular formula is C10H8BrF3O. The van der Waals surface area contributed by atoms with E-state index in [0.29, 0.717) is 5.56 Å². The number of carbonyl (C=O) groups excluding carboxylic acids is 1. The minimum absolute atomic E-state index is 0.0604. The van der Waals surface area contributed by atoms with Crippen molar-refractivity contribution in [3.05, 3.63) is 35.4 Å². The van der Waals surface area contributed by atoms with Crippen LogP contribution in [0, 0.1) is 0 Å². The van der Waals surface area contributed by atoms with Crippen molar-refractivity contribution in [2.24, 2.45) is 0 Å². The summed E-state index contributed by atoms with van der Waals surface area (Å²) in [6, 6.07) is 4.61. The van der Waals surface area contributed by atoms with Crippen LogP contribution in [0.15, 0.2) is 24.3 Å². The predicted octanol–water partition coefficient (Wildman–Crippen LogP) is 3.21. The van der Waals surface area contributed by atoms with E-state index in [4.69, 9.17) is 0 Å². The van der Waals surface area contributed by atoms with Crippen LogP contribution in [0.25, 0.3) is 0 Å². The fourth-order valence-electron chi connectivity index (χ4n) is 1.09. The molecule has 0 fully saturated rings. The van der Waals surface area contributed by atoms with E-state index >= 15 is 0 Å². The zero-order valence-electron chi connectivity index (χ0n) is 7.64. The van der Waals surface area contributed by atoms with Gasteiger partial charge in [0.2, 0.25) is 0 Å². The first-order valence-electron chi connectivity index (χ1n) is 4.17. The van der Waals surface area contributed by atoms with E-state index in [9.17, 15) is 18.0 Å². The van der Waals surface area contributed by atoms with Crippen LogP contribution in [0.4, 0.5) is 13.2 Å². The molecule has 1 nitrogen and oxygen atoms in total. The Balaban J connectivity index is 2.77. The SMILES string of the molecule is O=C(CBr)Cc1ccc(C(F)(F)F)cc1. The summed E-state index contributed by atoms with van der Waals surface area (Å²) in [7, 11) is 0. The number of halogens is 4. The van der Waals surface area contributed by atoms with Gasteiger partial charge in [0.1, 0.15) is 5.78 Å². The van der Waals surface area contributed by atoms with Crippen molar-refractivity contribution in [1.82, 2.24) is 0 Å². The zero-order chi connectivity index (χ0) is 11.5. The van der Waals surface area contributed by atoms with E-state index in [1.54, 1.807) is 0 Å². The lowest BCUT2D eigenvalue weighted by molar-refractivity contribution is -0.137. The molecule has 0 unspecified atom stereocenters. The summed E-state index contributed by atoms with van der Waals surface area (Å²) in [5.74, 6) is -0.0604. The van der Waals surface area contributed by atoms with Gasteiger partial charge in [-0.25, -0.2) is 0 Å². The van der Waals surface area contributed by atoms with E-state index < -0.39 is 11.7 Å². The minimum Gasteiger partial charge on any atom is -0.298 e. The number of hydrogen-bond acceptors (Lipinski definition) is 1. The lowest BCUT2D eigenvalue weighted by Crippen LogP contribution is -2.06. The molecule has 0 saturated heterocycles. The molecule has 0 spiro atoms. The second-order valence-corrected chi connectivity index (χ2v) is 3.60. The molecule has 0 aliphatic rings. The standard InChI is InChI=1S/C10H8BrF3O/c11-6-9(15)5-7-1-3-8(4-2-7)10(12,13)14/h1-4H,5-6H2. The molecule has 0 heterocycles. The third kappa shape index (κ3) is 3.66. The number of hydrogen-bond donors (Lipinski definition) is 0. The van der Waals surface area contributed by atoms with E-state index in [-0.39, 0.29) is 17.5 Å². The van der Waals surface area contributed by atoms with Gasteiger partial charge in [0.05, 0.1) is 10.9 Å². The van der Waals surface area contributed by atoms with Crippen molar-refractivity contribution in [2.45, 2.75) is 12.6 Å². The molecular weight excluding hydrogens is 273 g/mol. The summed E-state index contributed by atoms with van der Waals surface area (Å²) >= 11 is 2.99. The molecule has 0 radical (unpaired) electrons. The van der Waals surface area contributed by atoms with Crippen LogP contribution in [-0.4, -0.2) is 11.1 Å². The number of ketones is 1. The molecule has 0 aromatic heterocycles. The Bertz CT molecular complexity index is 343. The van der Waals surface area contributed by atoms with Crippen molar-refractivity contribution >= 4 is 21.7 Å². The normalized spacial score (nSPS) is 11.5. The van der Waals surface area contributed by atoms with E-state index in [0.717, 1.165) is 12.1 Å². The summed E-state index contributed by atoms with van der Waals surface area (Å²) in [4.78, 5) is 11.0. The van der Waals surface area contributed by atoms with Crippen LogP contribution in [0.2, 0.25) is 0 Å². The molecule has 1 rings (SSSR count). The summed E-state index contributed by atoms with van der Waals surface area (Å²) in [6.07, 6.45) is -4.17. The van der Waals surface area contributed by atoms with Gasteiger partial charge in [-0.15, -0.1) is 0 Å². The molecule has 0 atom stereocenters. The fraction of sp³-hybridized carbons (Fsp3) is 0.300. The summed E-state index contributed by atoms with van der Waals surface area (Å²) in [5, 5.41) is 0.216. The minimum atomic E-state index is -4.32. The van der Waals surface area contributed by atoms with Crippen molar-refractivity contribution in [2.75, 3.05) is 5.33 Å². The Morgan fingerprint density at radius 3 is 2.13 bits per heavy atom. The highest BCUT2D eigenvalue weighted by molar-refractivity contribution is 9.09. The number of benzene rings is 1. The highest BCUT2D eigenvalue weighted by Crippen LogP contribution is 2.29. The maximum absolute atomic E-state index is 12.2. The molecule has 1 aromatic carbocycles. The number of Topliss-reactive ketones (excluding diaryl/α,β-unsaturated/α-hetero) is 1. The second-order valence-electron chi connectivity index (χ2n) is 3.04. The zero-order valence-corrected chi connectivity index (χ0v) is 9.23. The van der Waals surface area contributed by atoms with Gasteiger partial charge >= 0.3 is 6.18 Å². The van der Waals surface area contributed by atoms with E-state index in [1.807, 2.05) is 0 Å². The number of carbonyl (C=O) groups is 1. The Morgan fingerprint density at radius 1 is 1.20 bits per heavy atom. The van der Waals surface area contributed by atoms with Gasteiger partial charge in [-0.05, 0) is 17.7 Å². The van der Waals surface area contributed by atoms with Crippen LogP contribution in [0.5, 0.6) is 0 Å². The average molecular weight is 281 g/mol.